The normalized spacial score (nSPS) is 12.6. The Balaban J connectivity index is 2.26. The quantitative estimate of drug-likeness (QED) is 0.790. The third-order valence-electron chi connectivity index (χ3n) is 2.72. The summed E-state index contributed by atoms with van der Waals surface area (Å²) in [6, 6.07) is 9.10. The summed E-state index contributed by atoms with van der Waals surface area (Å²) in [5.41, 5.74) is 7.97. The van der Waals surface area contributed by atoms with Crippen LogP contribution in [0.1, 0.15) is 30.7 Å². The van der Waals surface area contributed by atoms with E-state index in [4.69, 9.17) is 5.73 Å². The minimum atomic E-state index is -0.648. The Kier molecular flexibility index (Phi) is 3.44. The smallest absolute Gasteiger partial charge is 0.121 e. The highest BCUT2D eigenvalue weighted by molar-refractivity contribution is 5.41. The molecule has 0 aliphatic heterocycles. The molecule has 0 fully saturated rings. The van der Waals surface area contributed by atoms with E-state index in [1.807, 2.05) is 22.9 Å². The average Bonchev–Trinajstić information content (AvgIpc) is 2.78. The first-order valence-corrected chi connectivity index (χ1v) is 5.77. The van der Waals surface area contributed by atoms with Crippen molar-refractivity contribution in [2.45, 2.75) is 26.0 Å². The summed E-state index contributed by atoms with van der Waals surface area (Å²) < 4.78 is 1.83. The minimum absolute atomic E-state index is 0.648. The molecule has 17 heavy (non-hydrogen) atoms. The number of nitrogens with zero attached hydrogens (tertiary/aromatic N) is 2. The summed E-state index contributed by atoms with van der Waals surface area (Å²) in [5, 5.41) is 14.5. The Hall–Kier alpha value is -1.81. The predicted molar refractivity (Wildman–Crippen MR) is 67.4 cm³/mol. The first-order chi connectivity index (χ1) is 8.22. The largest absolute Gasteiger partial charge is 0.399 e. The van der Waals surface area contributed by atoms with Crippen molar-refractivity contribution in [1.29, 1.82) is 0 Å². The van der Waals surface area contributed by atoms with Crippen LogP contribution in [0.4, 0.5) is 5.69 Å². The Morgan fingerprint density at radius 3 is 2.65 bits per heavy atom. The number of anilines is 1. The SMILES string of the molecule is CCCn1nccc1C(O)c1ccc(N)cc1. The van der Waals surface area contributed by atoms with Gasteiger partial charge >= 0.3 is 0 Å². The van der Waals surface area contributed by atoms with E-state index in [9.17, 15) is 5.11 Å². The fourth-order valence-corrected chi connectivity index (χ4v) is 1.82. The second kappa shape index (κ2) is 5.01. The van der Waals surface area contributed by atoms with Gasteiger partial charge in [0.25, 0.3) is 0 Å². The van der Waals surface area contributed by atoms with Crippen molar-refractivity contribution in [2.24, 2.45) is 0 Å². The highest BCUT2D eigenvalue weighted by Crippen LogP contribution is 2.22. The fraction of sp³-hybridized carbons (Fsp3) is 0.308. The van der Waals surface area contributed by atoms with E-state index < -0.39 is 6.10 Å². The van der Waals surface area contributed by atoms with Gasteiger partial charge in [0.15, 0.2) is 0 Å². The molecule has 1 heterocycles. The molecule has 1 unspecified atom stereocenters. The van der Waals surface area contributed by atoms with Crippen molar-refractivity contribution in [1.82, 2.24) is 9.78 Å². The van der Waals surface area contributed by atoms with Crippen LogP contribution in [0.25, 0.3) is 0 Å². The lowest BCUT2D eigenvalue weighted by Gasteiger charge is -2.13. The number of aliphatic hydroxyl groups is 1. The molecular formula is C13H17N3O. The molecule has 0 bridgehead atoms. The third kappa shape index (κ3) is 2.47. The highest BCUT2D eigenvalue weighted by atomic mass is 16.3. The third-order valence-corrected chi connectivity index (χ3v) is 2.72. The second-order valence-corrected chi connectivity index (χ2v) is 4.05. The molecule has 4 heteroatoms. The number of aliphatic hydroxyl groups excluding tert-OH is 1. The number of nitrogen functional groups attached to an aromatic ring is 1. The molecule has 0 amide bonds. The van der Waals surface area contributed by atoms with Gasteiger partial charge in [-0.05, 0) is 30.2 Å². The van der Waals surface area contributed by atoms with Crippen LogP contribution < -0.4 is 5.73 Å². The Labute approximate surface area is 101 Å². The number of nitrogens with two attached hydrogens (primary N) is 1. The van der Waals surface area contributed by atoms with E-state index in [1.54, 1.807) is 18.3 Å². The van der Waals surface area contributed by atoms with Crippen molar-refractivity contribution in [2.75, 3.05) is 5.73 Å². The Morgan fingerprint density at radius 1 is 1.29 bits per heavy atom. The summed E-state index contributed by atoms with van der Waals surface area (Å²) in [4.78, 5) is 0. The molecule has 0 aliphatic carbocycles. The fourth-order valence-electron chi connectivity index (χ4n) is 1.82. The maximum absolute atomic E-state index is 10.3. The zero-order chi connectivity index (χ0) is 12.3. The number of hydrogen-bond acceptors (Lipinski definition) is 3. The van der Waals surface area contributed by atoms with Crippen molar-refractivity contribution in [3.05, 3.63) is 47.8 Å². The van der Waals surface area contributed by atoms with Gasteiger partial charge in [0.05, 0.1) is 5.69 Å². The first kappa shape index (κ1) is 11.7. The second-order valence-electron chi connectivity index (χ2n) is 4.05. The molecule has 0 spiro atoms. The van der Waals surface area contributed by atoms with E-state index in [-0.39, 0.29) is 0 Å². The maximum Gasteiger partial charge on any atom is 0.121 e. The number of aryl methyl sites for hydroxylation is 1. The van der Waals surface area contributed by atoms with Gasteiger partial charge in [-0.1, -0.05) is 19.1 Å². The number of hydrogen-bond donors (Lipinski definition) is 2. The molecule has 0 saturated carbocycles. The lowest BCUT2D eigenvalue weighted by molar-refractivity contribution is 0.207. The van der Waals surface area contributed by atoms with Gasteiger partial charge in [-0.15, -0.1) is 0 Å². The maximum atomic E-state index is 10.3. The van der Waals surface area contributed by atoms with Crippen molar-refractivity contribution in [3.8, 4) is 0 Å². The molecule has 1 atom stereocenters. The van der Waals surface area contributed by atoms with Gasteiger partial charge in [0.2, 0.25) is 0 Å². The number of aromatic nitrogens is 2. The van der Waals surface area contributed by atoms with Gasteiger partial charge in [-0.25, -0.2) is 0 Å². The van der Waals surface area contributed by atoms with Gasteiger partial charge in [0, 0.05) is 18.4 Å². The summed E-state index contributed by atoms with van der Waals surface area (Å²) in [7, 11) is 0. The van der Waals surface area contributed by atoms with E-state index in [1.165, 1.54) is 0 Å². The molecule has 3 N–H and O–H groups in total. The Bertz CT molecular complexity index is 476. The lowest BCUT2D eigenvalue weighted by Crippen LogP contribution is -2.10. The molecule has 2 aromatic rings. The molecule has 90 valence electrons. The molecule has 0 saturated heterocycles. The van der Waals surface area contributed by atoms with E-state index in [0.717, 1.165) is 24.2 Å². The van der Waals surface area contributed by atoms with Gasteiger partial charge in [0.1, 0.15) is 6.10 Å². The van der Waals surface area contributed by atoms with Crippen LogP contribution in [0, 0.1) is 0 Å². The highest BCUT2D eigenvalue weighted by Gasteiger charge is 2.14. The predicted octanol–water partition coefficient (Wildman–Crippen LogP) is 1.96. The lowest BCUT2D eigenvalue weighted by atomic mass is 10.1. The molecule has 1 aromatic heterocycles. The van der Waals surface area contributed by atoms with Gasteiger partial charge < -0.3 is 10.8 Å². The van der Waals surface area contributed by atoms with Gasteiger partial charge in [-0.2, -0.15) is 5.10 Å². The van der Waals surface area contributed by atoms with E-state index >= 15 is 0 Å². The van der Waals surface area contributed by atoms with Crippen LogP contribution in [-0.4, -0.2) is 14.9 Å². The average molecular weight is 231 g/mol. The topological polar surface area (TPSA) is 64.1 Å². The standard InChI is InChI=1S/C13H17N3O/c1-2-9-16-12(7-8-15-16)13(17)10-3-5-11(14)6-4-10/h3-8,13,17H,2,9,14H2,1H3. The molecule has 4 nitrogen and oxygen atoms in total. The molecule has 0 radical (unpaired) electrons. The summed E-state index contributed by atoms with van der Waals surface area (Å²) in [5.74, 6) is 0. The van der Waals surface area contributed by atoms with Crippen LogP contribution in [0.3, 0.4) is 0 Å². The van der Waals surface area contributed by atoms with Crippen LogP contribution in [-0.2, 0) is 6.54 Å². The van der Waals surface area contributed by atoms with Crippen molar-refractivity contribution in [3.63, 3.8) is 0 Å². The van der Waals surface area contributed by atoms with Gasteiger partial charge in [-0.3, -0.25) is 4.68 Å². The minimum Gasteiger partial charge on any atom is -0.399 e. The number of rotatable bonds is 4. The van der Waals surface area contributed by atoms with Crippen molar-refractivity contribution >= 4 is 5.69 Å². The number of benzene rings is 1. The van der Waals surface area contributed by atoms with Crippen LogP contribution in [0.2, 0.25) is 0 Å². The van der Waals surface area contributed by atoms with Crippen LogP contribution in [0.15, 0.2) is 36.5 Å². The van der Waals surface area contributed by atoms with E-state index in [0.29, 0.717) is 5.69 Å². The molecule has 0 aliphatic rings. The summed E-state index contributed by atoms with van der Waals surface area (Å²) >= 11 is 0. The zero-order valence-electron chi connectivity index (χ0n) is 9.87. The molecular weight excluding hydrogens is 214 g/mol. The summed E-state index contributed by atoms with van der Waals surface area (Å²) in [6.07, 6.45) is 2.05. The monoisotopic (exact) mass is 231 g/mol. The molecule has 1 aromatic carbocycles. The molecule has 2 rings (SSSR count). The van der Waals surface area contributed by atoms with Crippen LogP contribution in [0.5, 0.6) is 0 Å². The van der Waals surface area contributed by atoms with Crippen molar-refractivity contribution < 1.29 is 5.11 Å². The zero-order valence-corrected chi connectivity index (χ0v) is 9.87. The summed E-state index contributed by atoms with van der Waals surface area (Å²) in [6.45, 7) is 2.90. The van der Waals surface area contributed by atoms with Crippen LogP contribution >= 0.6 is 0 Å². The first-order valence-electron chi connectivity index (χ1n) is 5.77. The Morgan fingerprint density at radius 2 is 2.00 bits per heavy atom. The van der Waals surface area contributed by atoms with E-state index in [2.05, 4.69) is 12.0 Å².